The van der Waals surface area contributed by atoms with Crippen LogP contribution in [0.3, 0.4) is 0 Å². The van der Waals surface area contributed by atoms with Gasteiger partial charge in [0.1, 0.15) is 12.2 Å². The third kappa shape index (κ3) is 8.64. The van der Waals surface area contributed by atoms with Gasteiger partial charge in [0.2, 0.25) is 11.5 Å². The maximum Gasteiger partial charge on any atom is 0.303 e. The van der Waals surface area contributed by atoms with E-state index in [0.29, 0.717) is 79.6 Å². The Morgan fingerprint density at radius 1 is 0.614 bits per heavy atom. The predicted molar refractivity (Wildman–Crippen MR) is 208 cm³/mol. The molecule has 5 rings (SSSR count). The minimum Gasteiger partial charge on any atom is -0.493 e. The van der Waals surface area contributed by atoms with Gasteiger partial charge >= 0.3 is 11.9 Å². The van der Waals surface area contributed by atoms with E-state index < -0.39 is 36.2 Å². The Labute approximate surface area is 332 Å². The minimum absolute atomic E-state index is 0.151. The van der Waals surface area contributed by atoms with Crippen LogP contribution in [0.25, 0.3) is 0 Å². The van der Waals surface area contributed by atoms with Crippen molar-refractivity contribution in [1.82, 2.24) is 0 Å². The topological polar surface area (TPSA) is 145 Å². The van der Waals surface area contributed by atoms with Crippen LogP contribution in [0.4, 0.5) is 0 Å². The molecule has 0 N–H and O–H groups in total. The lowest BCUT2D eigenvalue weighted by Gasteiger charge is -2.36. The number of hydrogen-bond acceptors (Lipinski definition) is 14. The summed E-state index contributed by atoms with van der Waals surface area (Å²) in [7, 11) is 13.8. The molecule has 0 amide bonds. The Bertz CT molecular complexity index is 2060. The fourth-order valence-electron chi connectivity index (χ4n) is 7.38. The molecule has 0 aliphatic carbocycles. The summed E-state index contributed by atoms with van der Waals surface area (Å²) in [6, 6.07) is 16.3. The van der Waals surface area contributed by atoms with Crippen molar-refractivity contribution in [3.05, 3.63) is 82.4 Å². The molecule has 14 heteroatoms. The van der Waals surface area contributed by atoms with Gasteiger partial charge in [-0.3, -0.25) is 9.59 Å². The zero-order valence-electron chi connectivity index (χ0n) is 34.1. The third-order valence-corrected chi connectivity index (χ3v) is 9.76. The van der Waals surface area contributed by atoms with E-state index in [1.165, 1.54) is 56.5 Å². The van der Waals surface area contributed by atoms with Crippen molar-refractivity contribution in [2.24, 2.45) is 0 Å². The van der Waals surface area contributed by atoms with Crippen molar-refractivity contribution in [3.8, 4) is 57.5 Å². The summed E-state index contributed by atoms with van der Waals surface area (Å²) in [5.74, 6) is 2.46. The fourth-order valence-corrected chi connectivity index (χ4v) is 7.38. The number of carbonyl (C=O) groups is 2. The van der Waals surface area contributed by atoms with Crippen LogP contribution in [0.1, 0.15) is 53.7 Å². The van der Waals surface area contributed by atoms with Crippen LogP contribution in [0, 0.1) is 0 Å². The second-order valence-electron chi connectivity index (χ2n) is 13.0. The van der Waals surface area contributed by atoms with E-state index in [4.69, 9.17) is 56.8 Å². The standard InChI is InChI=1S/C43H50O14/c1-23(44)55-35(21-27-14-17-32(48-5)42(53-10)39(27)51-8)37(25-12-15-30(46-3)33(19-25)49-6)29-18-28-22-36(56-24(2)45)38(57-40(28)43(54-11)41(29)52-9)26-13-16-31(47-4)34(20-26)50-7/h12-20,35-38H,21-22H2,1-11H3/t35?,36-,37?,38+/m0/s1. The predicted octanol–water partition coefficient (Wildman–Crippen LogP) is 6.68. The second kappa shape index (κ2) is 18.6. The smallest absolute Gasteiger partial charge is 0.303 e. The zero-order chi connectivity index (χ0) is 41.4. The summed E-state index contributed by atoms with van der Waals surface area (Å²) in [6.45, 7) is 2.70. The van der Waals surface area contributed by atoms with Crippen molar-refractivity contribution in [1.29, 1.82) is 0 Å². The molecule has 0 saturated carbocycles. The Hall–Kier alpha value is -6.18. The van der Waals surface area contributed by atoms with Gasteiger partial charge in [0, 0.05) is 48.9 Å². The van der Waals surface area contributed by atoms with Gasteiger partial charge in [-0.15, -0.1) is 0 Å². The molecule has 0 spiro atoms. The number of methoxy groups -OCH3 is 9. The van der Waals surface area contributed by atoms with Crippen molar-refractivity contribution in [3.63, 3.8) is 0 Å². The Morgan fingerprint density at radius 3 is 1.75 bits per heavy atom. The molecule has 4 aromatic rings. The maximum atomic E-state index is 13.0. The van der Waals surface area contributed by atoms with Gasteiger partial charge in [0.05, 0.1) is 69.9 Å². The van der Waals surface area contributed by atoms with Crippen molar-refractivity contribution in [2.45, 2.75) is 50.9 Å². The van der Waals surface area contributed by atoms with Crippen molar-refractivity contribution >= 4 is 11.9 Å². The maximum absolute atomic E-state index is 13.0. The average Bonchev–Trinajstić information content (AvgIpc) is 3.21. The molecule has 1 aliphatic heterocycles. The first-order valence-corrected chi connectivity index (χ1v) is 18.0. The Balaban J connectivity index is 1.77. The van der Waals surface area contributed by atoms with E-state index in [1.54, 1.807) is 45.6 Å². The summed E-state index contributed by atoms with van der Waals surface area (Å²) in [5.41, 5.74) is 3.28. The summed E-state index contributed by atoms with van der Waals surface area (Å²) in [6.07, 6.45) is -2.05. The molecule has 0 radical (unpaired) electrons. The molecule has 306 valence electrons. The highest BCUT2D eigenvalue weighted by Gasteiger charge is 2.41. The van der Waals surface area contributed by atoms with Gasteiger partial charge < -0.3 is 56.8 Å². The molecule has 57 heavy (non-hydrogen) atoms. The fraction of sp³-hybridized carbons (Fsp3) is 0.395. The molecule has 2 unspecified atom stereocenters. The van der Waals surface area contributed by atoms with Crippen LogP contribution in [0.15, 0.2) is 54.6 Å². The second-order valence-corrected chi connectivity index (χ2v) is 13.0. The average molecular weight is 791 g/mol. The molecular formula is C43H50O14. The first-order chi connectivity index (χ1) is 27.5. The molecule has 4 atom stereocenters. The SMILES string of the molecule is COc1ccc(C(c2cc3c(c(OC)c2OC)O[C@H](c2ccc(OC)c(OC)c2)[C@@H](OC(C)=O)C3)C(Cc2ccc(OC)c(OC)c2OC)OC(C)=O)cc1OC. The lowest BCUT2D eigenvalue weighted by Crippen LogP contribution is -2.35. The number of fused-ring (bicyclic) bond motifs is 1. The molecule has 4 aromatic carbocycles. The molecule has 0 aromatic heterocycles. The van der Waals surface area contributed by atoms with Gasteiger partial charge in [0.25, 0.3) is 0 Å². The molecule has 1 aliphatic rings. The van der Waals surface area contributed by atoms with Crippen LogP contribution in [0.2, 0.25) is 0 Å². The first-order valence-electron chi connectivity index (χ1n) is 18.0. The van der Waals surface area contributed by atoms with Crippen LogP contribution in [0.5, 0.6) is 57.5 Å². The minimum atomic E-state index is -0.891. The first kappa shape index (κ1) is 42.0. The van der Waals surface area contributed by atoms with Crippen LogP contribution in [-0.2, 0) is 31.9 Å². The number of ether oxygens (including phenoxy) is 12. The van der Waals surface area contributed by atoms with Gasteiger partial charge in [-0.1, -0.05) is 18.2 Å². The highest BCUT2D eigenvalue weighted by Crippen LogP contribution is 2.53. The van der Waals surface area contributed by atoms with Crippen LogP contribution in [-0.4, -0.2) is 88.1 Å². The lowest BCUT2D eigenvalue weighted by molar-refractivity contribution is -0.152. The number of rotatable bonds is 17. The van der Waals surface area contributed by atoms with Gasteiger partial charge in [0.15, 0.2) is 52.1 Å². The highest BCUT2D eigenvalue weighted by atomic mass is 16.6. The monoisotopic (exact) mass is 790 g/mol. The van der Waals surface area contributed by atoms with E-state index in [0.717, 1.165) is 0 Å². The van der Waals surface area contributed by atoms with Crippen molar-refractivity contribution < 1.29 is 66.4 Å². The zero-order valence-corrected chi connectivity index (χ0v) is 34.1. The third-order valence-electron chi connectivity index (χ3n) is 9.76. The normalized spacial score (nSPS) is 15.4. The molecule has 14 nitrogen and oxygen atoms in total. The molecule has 0 fully saturated rings. The summed E-state index contributed by atoms with van der Waals surface area (Å²) >= 11 is 0. The van der Waals surface area contributed by atoms with Gasteiger partial charge in [-0.05, 0) is 42.0 Å². The van der Waals surface area contributed by atoms with E-state index in [2.05, 4.69) is 0 Å². The van der Waals surface area contributed by atoms with E-state index in [9.17, 15) is 9.59 Å². The molecule has 0 saturated heterocycles. The lowest BCUT2D eigenvalue weighted by atomic mass is 9.81. The van der Waals surface area contributed by atoms with E-state index in [-0.39, 0.29) is 18.6 Å². The summed E-state index contributed by atoms with van der Waals surface area (Å²) in [4.78, 5) is 25.6. The largest absolute Gasteiger partial charge is 0.493 e. The van der Waals surface area contributed by atoms with E-state index in [1.807, 2.05) is 30.3 Å². The highest BCUT2D eigenvalue weighted by molar-refractivity contribution is 5.69. The number of hydrogen-bond donors (Lipinski definition) is 0. The van der Waals surface area contributed by atoms with Gasteiger partial charge in [-0.2, -0.15) is 0 Å². The van der Waals surface area contributed by atoms with E-state index >= 15 is 0 Å². The summed E-state index contributed by atoms with van der Waals surface area (Å²) < 4.78 is 70.6. The van der Waals surface area contributed by atoms with Crippen LogP contribution >= 0.6 is 0 Å². The quantitative estimate of drug-likeness (QED) is 0.105. The Morgan fingerprint density at radius 2 is 1.19 bits per heavy atom. The number of carbonyl (C=O) groups excluding carboxylic acids is 2. The van der Waals surface area contributed by atoms with Crippen molar-refractivity contribution in [2.75, 3.05) is 64.0 Å². The molecular weight excluding hydrogens is 740 g/mol. The Kier molecular flexibility index (Phi) is 13.7. The van der Waals surface area contributed by atoms with Gasteiger partial charge in [-0.25, -0.2) is 0 Å². The van der Waals surface area contributed by atoms with Crippen LogP contribution < -0.4 is 47.4 Å². The number of esters is 2. The summed E-state index contributed by atoms with van der Waals surface area (Å²) in [5, 5.41) is 0. The number of benzene rings is 4. The molecule has 0 bridgehead atoms. The molecule has 1 heterocycles.